The normalized spacial score (nSPS) is 10.3. The van der Waals surface area contributed by atoms with Crippen LogP contribution in [0.5, 0.6) is 0 Å². The molecule has 1 aromatic carbocycles. The summed E-state index contributed by atoms with van der Waals surface area (Å²) in [6.07, 6.45) is 4.03. The highest BCUT2D eigenvalue weighted by Crippen LogP contribution is 2.21. The number of carbonyl (C=O) groups is 1. The Morgan fingerprint density at radius 3 is 2.72 bits per heavy atom. The molecular formula is C14H12BrNOS. The summed E-state index contributed by atoms with van der Waals surface area (Å²) in [6, 6.07) is 11.4. The van der Waals surface area contributed by atoms with E-state index < -0.39 is 0 Å². The molecule has 92 valence electrons. The van der Waals surface area contributed by atoms with Gasteiger partial charge in [-0.05, 0) is 40.4 Å². The van der Waals surface area contributed by atoms with Gasteiger partial charge in [-0.25, -0.2) is 0 Å². The highest BCUT2D eigenvalue weighted by atomic mass is 79.9. The summed E-state index contributed by atoms with van der Waals surface area (Å²) in [7, 11) is 0. The number of Topliss-reactive ketones (excluding diaryl/α,β-unsaturated/α-hetero) is 1. The Morgan fingerprint density at radius 2 is 2.06 bits per heavy atom. The molecule has 0 N–H and O–H groups in total. The molecule has 0 amide bonds. The van der Waals surface area contributed by atoms with Gasteiger partial charge in [-0.2, -0.15) is 0 Å². The van der Waals surface area contributed by atoms with Crippen LogP contribution in [-0.2, 0) is 6.42 Å². The zero-order valence-electron chi connectivity index (χ0n) is 9.89. The minimum absolute atomic E-state index is 0.106. The van der Waals surface area contributed by atoms with Crippen LogP contribution in [0.4, 0.5) is 0 Å². The summed E-state index contributed by atoms with van der Waals surface area (Å²) >= 11 is 4.92. The smallest absolute Gasteiger partial charge is 0.169 e. The van der Waals surface area contributed by atoms with Crippen molar-refractivity contribution in [1.29, 1.82) is 0 Å². The van der Waals surface area contributed by atoms with Crippen molar-refractivity contribution in [2.24, 2.45) is 0 Å². The van der Waals surface area contributed by atoms with Crippen molar-refractivity contribution in [2.75, 3.05) is 6.26 Å². The van der Waals surface area contributed by atoms with Crippen LogP contribution in [0.1, 0.15) is 16.1 Å². The van der Waals surface area contributed by atoms with Crippen LogP contribution >= 0.6 is 27.7 Å². The summed E-state index contributed by atoms with van der Waals surface area (Å²) in [5.41, 5.74) is 1.56. The molecule has 0 spiro atoms. The predicted molar refractivity (Wildman–Crippen MR) is 78.2 cm³/mol. The van der Waals surface area contributed by atoms with E-state index in [-0.39, 0.29) is 5.78 Å². The van der Waals surface area contributed by atoms with E-state index in [1.54, 1.807) is 18.0 Å². The third-order valence-electron chi connectivity index (χ3n) is 2.54. The Labute approximate surface area is 119 Å². The van der Waals surface area contributed by atoms with Gasteiger partial charge in [0.15, 0.2) is 5.78 Å². The summed E-state index contributed by atoms with van der Waals surface area (Å²) < 4.78 is 0.920. The van der Waals surface area contributed by atoms with Gasteiger partial charge in [0.05, 0.1) is 6.42 Å². The van der Waals surface area contributed by atoms with Crippen LogP contribution in [0, 0.1) is 0 Å². The Kier molecular flexibility index (Phi) is 4.55. The summed E-state index contributed by atoms with van der Waals surface area (Å²) in [5, 5.41) is 0. The molecule has 2 aromatic rings. The van der Waals surface area contributed by atoms with Crippen LogP contribution in [0.2, 0.25) is 0 Å². The van der Waals surface area contributed by atoms with E-state index >= 15 is 0 Å². The Hall–Kier alpha value is -1.13. The molecule has 0 aliphatic heterocycles. The standard InChI is InChI=1S/C14H12BrNOS/c1-18-14-5-3-2-4-12(14)13(17)8-11-7-6-10(15)9-16-11/h2-7,9H,8H2,1H3. The van der Waals surface area contributed by atoms with E-state index in [0.29, 0.717) is 6.42 Å². The Morgan fingerprint density at radius 1 is 1.28 bits per heavy atom. The maximum Gasteiger partial charge on any atom is 0.169 e. The second kappa shape index (κ2) is 6.16. The lowest BCUT2D eigenvalue weighted by molar-refractivity contribution is 0.0989. The minimum atomic E-state index is 0.106. The van der Waals surface area contributed by atoms with Gasteiger partial charge in [0.25, 0.3) is 0 Å². The van der Waals surface area contributed by atoms with E-state index in [9.17, 15) is 4.79 Å². The van der Waals surface area contributed by atoms with E-state index in [1.165, 1.54) is 0 Å². The summed E-state index contributed by atoms with van der Waals surface area (Å²) in [6.45, 7) is 0. The fraction of sp³-hybridized carbons (Fsp3) is 0.143. The first kappa shape index (κ1) is 13.3. The maximum absolute atomic E-state index is 12.2. The van der Waals surface area contributed by atoms with Crippen molar-refractivity contribution in [3.63, 3.8) is 0 Å². The molecule has 2 nitrogen and oxygen atoms in total. The molecule has 0 saturated heterocycles. The van der Waals surface area contributed by atoms with Crippen LogP contribution in [-0.4, -0.2) is 17.0 Å². The van der Waals surface area contributed by atoms with E-state index in [2.05, 4.69) is 20.9 Å². The number of rotatable bonds is 4. The number of thioether (sulfide) groups is 1. The molecule has 0 saturated carbocycles. The molecule has 0 atom stereocenters. The molecule has 0 radical (unpaired) electrons. The third kappa shape index (κ3) is 3.21. The average Bonchev–Trinajstić information content (AvgIpc) is 2.41. The highest BCUT2D eigenvalue weighted by Gasteiger charge is 2.11. The fourth-order valence-electron chi connectivity index (χ4n) is 1.65. The fourth-order valence-corrected chi connectivity index (χ4v) is 2.50. The molecule has 0 aliphatic carbocycles. The van der Waals surface area contributed by atoms with Crippen molar-refractivity contribution < 1.29 is 4.79 Å². The minimum Gasteiger partial charge on any atom is -0.294 e. The largest absolute Gasteiger partial charge is 0.294 e. The first-order valence-electron chi connectivity index (χ1n) is 5.47. The second-order valence-electron chi connectivity index (χ2n) is 3.77. The van der Waals surface area contributed by atoms with Gasteiger partial charge in [-0.3, -0.25) is 9.78 Å². The number of hydrogen-bond donors (Lipinski definition) is 0. The van der Waals surface area contributed by atoms with Gasteiger partial charge >= 0.3 is 0 Å². The number of ketones is 1. The topological polar surface area (TPSA) is 30.0 Å². The van der Waals surface area contributed by atoms with Crippen LogP contribution in [0.25, 0.3) is 0 Å². The van der Waals surface area contributed by atoms with Gasteiger partial charge in [0, 0.05) is 26.8 Å². The Bertz CT molecular complexity index is 554. The number of nitrogens with zero attached hydrogens (tertiary/aromatic N) is 1. The van der Waals surface area contributed by atoms with Crippen molar-refractivity contribution >= 4 is 33.5 Å². The Balaban J connectivity index is 2.19. The molecule has 0 unspecified atom stereocenters. The monoisotopic (exact) mass is 321 g/mol. The van der Waals surface area contributed by atoms with Gasteiger partial charge < -0.3 is 0 Å². The lowest BCUT2D eigenvalue weighted by Gasteiger charge is -2.05. The van der Waals surface area contributed by atoms with Gasteiger partial charge in [0.2, 0.25) is 0 Å². The lowest BCUT2D eigenvalue weighted by Crippen LogP contribution is -2.06. The number of aromatic nitrogens is 1. The molecule has 4 heteroatoms. The van der Waals surface area contributed by atoms with Gasteiger partial charge in [-0.1, -0.05) is 18.2 Å². The van der Waals surface area contributed by atoms with Crippen LogP contribution in [0.3, 0.4) is 0 Å². The van der Waals surface area contributed by atoms with Crippen molar-refractivity contribution in [3.8, 4) is 0 Å². The zero-order valence-corrected chi connectivity index (χ0v) is 12.3. The SMILES string of the molecule is CSc1ccccc1C(=O)Cc1ccc(Br)cn1. The summed E-state index contributed by atoms with van der Waals surface area (Å²) in [4.78, 5) is 17.5. The molecule has 2 rings (SSSR count). The number of benzene rings is 1. The zero-order chi connectivity index (χ0) is 13.0. The summed E-state index contributed by atoms with van der Waals surface area (Å²) in [5.74, 6) is 0.106. The lowest BCUT2D eigenvalue weighted by atomic mass is 10.1. The quantitative estimate of drug-likeness (QED) is 0.630. The van der Waals surface area contributed by atoms with E-state index in [0.717, 1.165) is 20.6 Å². The van der Waals surface area contributed by atoms with Gasteiger partial charge in [-0.15, -0.1) is 11.8 Å². The molecule has 1 heterocycles. The number of halogens is 1. The highest BCUT2D eigenvalue weighted by molar-refractivity contribution is 9.10. The third-order valence-corrected chi connectivity index (χ3v) is 3.80. The molecule has 0 fully saturated rings. The predicted octanol–water partition coefficient (Wildman–Crippen LogP) is 3.99. The van der Waals surface area contributed by atoms with Crippen molar-refractivity contribution in [2.45, 2.75) is 11.3 Å². The van der Waals surface area contributed by atoms with Crippen molar-refractivity contribution in [1.82, 2.24) is 4.98 Å². The van der Waals surface area contributed by atoms with Crippen molar-refractivity contribution in [3.05, 3.63) is 58.3 Å². The number of pyridine rings is 1. The average molecular weight is 322 g/mol. The first-order chi connectivity index (χ1) is 8.70. The molecular weight excluding hydrogens is 310 g/mol. The second-order valence-corrected chi connectivity index (χ2v) is 5.53. The number of carbonyl (C=O) groups excluding carboxylic acids is 1. The van der Waals surface area contributed by atoms with Crippen LogP contribution < -0.4 is 0 Å². The molecule has 0 aliphatic rings. The van der Waals surface area contributed by atoms with Gasteiger partial charge in [0.1, 0.15) is 0 Å². The van der Waals surface area contributed by atoms with Crippen LogP contribution in [0.15, 0.2) is 52.0 Å². The van der Waals surface area contributed by atoms with E-state index in [4.69, 9.17) is 0 Å². The van der Waals surface area contributed by atoms with E-state index in [1.807, 2.05) is 42.7 Å². The number of hydrogen-bond acceptors (Lipinski definition) is 3. The molecule has 18 heavy (non-hydrogen) atoms. The maximum atomic E-state index is 12.2. The molecule has 0 bridgehead atoms. The molecule has 1 aromatic heterocycles. The first-order valence-corrected chi connectivity index (χ1v) is 7.49.